The quantitative estimate of drug-likeness (QED) is 0.574. The maximum Gasteiger partial charge on any atom is 0.0622 e. The Morgan fingerprint density at radius 2 is 2.36 bits per heavy atom. The lowest BCUT2D eigenvalue weighted by Gasteiger charge is -2.32. The van der Waals surface area contributed by atoms with Crippen molar-refractivity contribution in [2.24, 2.45) is 0 Å². The van der Waals surface area contributed by atoms with Crippen molar-refractivity contribution in [2.75, 3.05) is 26.4 Å². The van der Waals surface area contributed by atoms with Gasteiger partial charge in [-0.05, 0) is 12.8 Å². The topological polar surface area (TPSA) is 32.7 Å². The zero-order valence-corrected chi connectivity index (χ0v) is 6.70. The third-order valence-electron chi connectivity index (χ3n) is 2.79. The maximum absolute atomic E-state index is 9.02. The van der Waals surface area contributed by atoms with E-state index in [1.807, 2.05) is 0 Å². The molecule has 0 bridgehead atoms. The fourth-order valence-electron chi connectivity index (χ4n) is 2.14. The van der Waals surface area contributed by atoms with Crippen molar-refractivity contribution in [2.45, 2.75) is 24.9 Å². The van der Waals surface area contributed by atoms with Crippen LogP contribution in [0.15, 0.2) is 0 Å². The van der Waals surface area contributed by atoms with Gasteiger partial charge in [0.05, 0.1) is 19.8 Å². The smallest absolute Gasteiger partial charge is 0.0622 e. The molecule has 1 N–H and O–H groups in total. The van der Waals surface area contributed by atoms with Crippen molar-refractivity contribution < 1.29 is 9.84 Å². The zero-order chi connectivity index (χ0) is 7.68. The predicted octanol–water partition coefficient (Wildman–Crippen LogP) is -0.158. The van der Waals surface area contributed by atoms with E-state index in [2.05, 4.69) is 4.90 Å². The molecule has 0 saturated carbocycles. The molecule has 0 aromatic carbocycles. The number of hydrogen-bond donors (Lipinski definition) is 1. The van der Waals surface area contributed by atoms with Crippen LogP contribution in [0.2, 0.25) is 0 Å². The molecule has 0 aromatic rings. The number of rotatable bonds is 1. The summed E-state index contributed by atoms with van der Waals surface area (Å²) in [4.78, 5) is 2.39. The van der Waals surface area contributed by atoms with Crippen LogP contribution in [0.25, 0.3) is 0 Å². The van der Waals surface area contributed by atoms with Crippen molar-refractivity contribution in [1.29, 1.82) is 0 Å². The van der Waals surface area contributed by atoms with Gasteiger partial charge in [-0.15, -0.1) is 0 Å². The molecular formula is C8H15NO2. The molecule has 0 radical (unpaired) electrons. The normalized spacial score (nSPS) is 39.0. The third kappa shape index (κ3) is 1.28. The van der Waals surface area contributed by atoms with E-state index in [0.29, 0.717) is 18.7 Å². The van der Waals surface area contributed by atoms with E-state index in [9.17, 15) is 0 Å². The van der Waals surface area contributed by atoms with Gasteiger partial charge in [-0.1, -0.05) is 0 Å². The van der Waals surface area contributed by atoms with Gasteiger partial charge >= 0.3 is 0 Å². The number of nitrogens with zero attached hydrogens (tertiary/aromatic N) is 1. The predicted molar refractivity (Wildman–Crippen MR) is 41.4 cm³/mol. The van der Waals surface area contributed by atoms with Gasteiger partial charge in [0.15, 0.2) is 0 Å². The van der Waals surface area contributed by atoms with Crippen LogP contribution >= 0.6 is 0 Å². The highest BCUT2D eigenvalue weighted by Gasteiger charge is 2.34. The lowest BCUT2D eigenvalue weighted by atomic mass is 10.2. The van der Waals surface area contributed by atoms with Crippen LogP contribution in [0.1, 0.15) is 12.8 Å². The summed E-state index contributed by atoms with van der Waals surface area (Å²) in [7, 11) is 0. The number of aliphatic hydroxyl groups is 1. The first-order valence-electron chi connectivity index (χ1n) is 4.36. The zero-order valence-electron chi connectivity index (χ0n) is 6.70. The molecular weight excluding hydrogens is 142 g/mol. The minimum atomic E-state index is 0.316. The SMILES string of the molecule is OC[C@H]1CC[C@@H]2COCCN21. The van der Waals surface area contributed by atoms with Gasteiger partial charge < -0.3 is 9.84 Å². The Balaban J connectivity index is 1.98. The van der Waals surface area contributed by atoms with Gasteiger partial charge in [-0.2, -0.15) is 0 Å². The first-order chi connectivity index (χ1) is 5.42. The van der Waals surface area contributed by atoms with E-state index in [1.54, 1.807) is 0 Å². The first kappa shape index (κ1) is 7.53. The summed E-state index contributed by atoms with van der Waals surface area (Å²) >= 11 is 0. The number of morpholine rings is 1. The van der Waals surface area contributed by atoms with Crippen LogP contribution in [-0.2, 0) is 4.74 Å². The third-order valence-corrected chi connectivity index (χ3v) is 2.79. The van der Waals surface area contributed by atoms with E-state index in [-0.39, 0.29) is 0 Å². The highest BCUT2D eigenvalue weighted by molar-refractivity contribution is 4.88. The van der Waals surface area contributed by atoms with Crippen LogP contribution in [0.5, 0.6) is 0 Å². The number of ether oxygens (including phenoxy) is 1. The summed E-state index contributed by atoms with van der Waals surface area (Å²) in [5.74, 6) is 0. The van der Waals surface area contributed by atoms with Gasteiger partial charge in [0.1, 0.15) is 0 Å². The van der Waals surface area contributed by atoms with Crippen molar-refractivity contribution in [3.8, 4) is 0 Å². The Labute approximate surface area is 66.9 Å². The summed E-state index contributed by atoms with van der Waals surface area (Å²) in [5.41, 5.74) is 0. The molecule has 11 heavy (non-hydrogen) atoms. The average Bonchev–Trinajstić information content (AvgIpc) is 2.47. The average molecular weight is 157 g/mol. The van der Waals surface area contributed by atoms with E-state index < -0.39 is 0 Å². The second kappa shape index (κ2) is 3.09. The van der Waals surface area contributed by atoms with Crippen LogP contribution in [0.4, 0.5) is 0 Å². The minimum Gasteiger partial charge on any atom is -0.395 e. The minimum absolute atomic E-state index is 0.316. The summed E-state index contributed by atoms with van der Waals surface area (Å²) < 4.78 is 5.35. The molecule has 2 heterocycles. The Hall–Kier alpha value is -0.120. The van der Waals surface area contributed by atoms with Crippen molar-refractivity contribution in [1.82, 2.24) is 4.90 Å². The summed E-state index contributed by atoms with van der Waals surface area (Å²) in [6.07, 6.45) is 2.34. The molecule has 2 fully saturated rings. The van der Waals surface area contributed by atoms with Crippen LogP contribution < -0.4 is 0 Å². The van der Waals surface area contributed by atoms with Gasteiger partial charge in [-0.25, -0.2) is 0 Å². The van der Waals surface area contributed by atoms with Crippen molar-refractivity contribution >= 4 is 0 Å². The number of hydrogen-bond acceptors (Lipinski definition) is 3. The molecule has 0 amide bonds. The molecule has 2 rings (SSSR count). The molecule has 0 aromatic heterocycles. The molecule has 64 valence electrons. The van der Waals surface area contributed by atoms with E-state index in [0.717, 1.165) is 26.2 Å². The van der Waals surface area contributed by atoms with Crippen molar-refractivity contribution in [3.05, 3.63) is 0 Å². The Kier molecular flexibility index (Phi) is 2.11. The number of fused-ring (bicyclic) bond motifs is 1. The Morgan fingerprint density at radius 3 is 3.18 bits per heavy atom. The second-order valence-electron chi connectivity index (χ2n) is 3.38. The molecule has 2 atom stereocenters. The molecule has 3 nitrogen and oxygen atoms in total. The molecule has 0 spiro atoms. The maximum atomic E-state index is 9.02. The molecule has 2 aliphatic rings. The van der Waals surface area contributed by atoms with E-state index >= 15 is 0 Å². The van der Waals surface area contributed by atoms with Gasteiger partial charge in [0.25, 0.3) is 0 Å². The molecule has 3 heteroatoms. The fourth-order valence-corrected chi connectivity index (χ4v) is 2.14. The van der Waals surface area contributed by atoms with Gasteiger partial charge in [-0.3, -0.25) is 4.90 Å². The Bertz CT molecular complexity index is 134. The highest BCUT2D eigenvalue weighted by atomic mass is 16.5. The lowest BCUT2D eigenvalue weighted by molar-refractivity contribution is -0.0114. The van der Waals surface area contributed by atoms with E-state index in [4.69, 9.17) is 9.84 Å². The second-order valence-corrected chi connectivity index (χ2v) is 3.38. The first-order valence-corrected chi connectivity index (χ1v) is 4.36. The molecule has 2 saturated heterocycles. The standard InChI is InChI=1S/C8H15NO2/c10-5-7-1-2-8-6-11-4-3-9(7)8/h7-8,10H,1-6H2/t7-,8-/m1/s1. The van der Waals surface area contributed by atoms with Gasteiger partial charge in [0, 0.05) is 18.6 Å². The molecule has 0 aliphatic carbocycles. The summed E-state index contributed by atoms with van der Waals surface area (Å²) in [6, 6.07) is 1.02. The van der Waals surface area contributed by atoms with Crippen molar-refractivity contribution in [3.63, 3.8) is 0 Å². The molecule has 2 aliphatic heterocycles. The highest BCUT2D eigenvalue weighted by Crippen LogP contribution is 2.25. The Morgan fingerprint density at radius 1 is 1.45 bits per heavy atom. The van der Waals surface area contributed by atoms with Crippen LogP contribution in [0, 0.1) is 0 Å². The van der Waals surface area contributed by atoms with E-state index in [1.165, 1.54) is 6.42 Å². The largest absolute Gasteiger partial charge is 0.395 e. The summed E-state index contributed by atoms with van der Waals surface area (Å²) in [6.45, 7) is 3.04. The molecule has 0 unspecified atom stereocenters. The number of aliphatic hydroxyl groups excluding tert-OH is 1. The van der Waals surface area contributed by atoms with Crippen LogP contribution in [0.3, 0.4) is 0 Å². The lowest BCUT2D eigenvalue weighted by Crippen LogP contribution is -2.46. The monoisotopic (exact) mass is 157 g/mol. The fraction of sp³-hybridized carbons (Fsp3) is 1.00. The van der Waals surface area contributed by atoms with Crippen LogP contribution in [-0.4, -0.2) is 48.5 Å². The van der Waals surface area contributed by atoms with Gasteiger partial charge in [0.2, 0.25) is 0 Å². The summed E-state index contributed by atoms with van der Waals surface area (Å²) in [5, 5.41) is 9.02.